The van der Waals surface area contributed by atoms with Crippen LogP contribution in [0.15, 0.2) is 24.0 Å². The molecule has 0 rings (SSSR count). The van der Waals surface area contributed by atoms with Crippen LogP contribution >= 0.6 is 0 Å². The first-order valence-electron chi connectivity index (χ1n) is 2.94. The molecule has 0 amide bonds. The lowest BCUT2D eigenvalue weighted by Crippen LogP contribution is -2.08. The zero-order valence-electron chi connectivity index (χ0n) is 6.26. The standard InChI is InChI=1S/C7H14N2/c1-4-7(5-6-8)9(2)3/h4-6H,8H2,1-3H3/b6-5-,7-4+. The highest BCUT2D eigenvalue weighted by Gasteiger charge is 1.88. The molecule has 0 spiro atoms. The van der Waals surface area contributed by atoms with Crippen molar-refractivity contribution in [2.75, 3.05) is 14.1 Å². The van der Waals surface area contributed by atoms with Crippen molar-refractivity contribution in [3.05, 3.63) is 24.0 Å². The van der Waals surface area contributed by atoms with Gasteiger partial charge in [-0.05, 0) is 19.2 Å². The molecule has 2 nitrogen and oxygen atoms in total. The molecule has 0 atom stereocenters. The van der Waals surface area contributed by atoms with Gasteiger partial charge in [-0.3, -0.25) is 0 Å². The number of hydrogen-bond acceptors (Lipinski definition) is 2. The van der Waals surface area contributed by atoms with Gasteiger partial charge in [0.15, 0.2) is 0 Å². The molecule has 0 saturated carbocycles. The van der Waals surface area contributed by atoms with E-state index >= 15 is 0 Å². The molecule has 0 aliphatic rings. The Kier molecular flexibility index (Phi) is 3.60. The maximum Gasteiger partial charge on any atom is 0.0332 e. The van der Waals surface area contributed by atoms with E-state index in [1.54, 1.807) is 0 Å². The van der Waals surface area contributed by atoms with Gasteiger partial charge in [-0.1, -0.05) is 6.08 Å². The third kappa shape index (κ3) is 2.80. The predicted octanol–water partition coefficient (Wildman–Crippen LogP) is 0.924. The van der Waals surface area contributed by atoms with Crippen molar-refractivity contribution < 1.29 is 0 Å². The van der Waals surface area contributed by atoms with Crippen LogP contribution in [-0.2, 0) is 0 Å². The molecular formula is C7H14N2. The topological polar surface area (TPSA) is 29.3 Å². The molecule has 0 aromatic heterocycles. The molecule has 0 aliphatic heterocycles. The second kappa shape index (κ2) is 4.01. The Morgan fingerprint density at radius 2 is 2.00 bits per heavy atom. The second-order valence-corrected chi connectivity index (χ2v) is 1.97. The quantitative estimate of drug-likeness (QED) is 0.557. The highest BCUT2D eigenvalue weighted by molar-refractivity contribution is 5.14. The van der Waals surface area contributed by atoms with Crippen molar-refractivity contribution in [1.82, 2.24) is 4.90 Å². The molecule has 0 bridgehead atoms. The zero-order valence-corrected chi connectivity index (χ0v) is 6.26. The fraction of sp³-hybridized carbons (Fsp3) is 0.429. The van der Waals surface area contributed by atoms with Gasteiger partial charge in [0.05, 0.1) is 0 Å². The fourth-order valence-corrected chi connectivity index (χ4v) is 0.602. The Labute approximate surface area is 56.6 Å². The average Bonchev–Trinajstić information content (AvgIpc) is 1.82. The SMILES string of the molecule is C/C=C(\C=C/N)N(C)C. The van der Waals surface area contributed by atoms with Crippen LogP contribution < -0.4 is 5.73 Å². The molecule has 0 aromatic rings. The Balaban J connectivity index is 4.01. The lowest BCUT2D eigenvalue weighted by Gasteiger charge is -2.11. The van der Waals surface area contributed by atoms with Crippen LogP contribution in [0.1, 0.15) is 6.92 Å². The van der Waals surface area contributed by atoms with E-state index in [0.717, 1.165) is 5.70 Å². The van der Waals surface area contributed by atoms with Gasteiger partial charge in [-0.25, -0.2) is 0 Å². The molecule has 2 N–H and O–H groups in total. The monoisotopic (exact) mass is 126 g/mol. The van der Waals surface area contributed by atoms with Gasteiger partial charge < -0.3 is 10.6 Å². The summed E-state index contributed by atoms with van der Waals surface area (Å²) in [6, 6.07) is 0. The van der Waals surface area contributed by atoms with Gasteiger partial charge in [0.25, 0.3) is 0 Å². The van der Waals surface area contributed by atoms with Crippen molar-refractivity contribution >= 4 is 0 Å². The van der Waals surface area contributed by atoms with Gasteiger partial charge in [0, 0.05) is 19.8 Å². The van der Waals surface area contributed by atoms with Gasteiger partial charge in [-0.15, -0.1) is 0 Å². The van der Waals surface area contributed by atoms with E-state index in [2.05, 4.69) is 0 Å². The summed E-state index contributed by atoms with van der Waals surface area (Å²) in [6.07, 6.45) is 5.40. The van der Waals surface area contributed by atoms with E-state index in [4.69, 9.17) is 5.73 Å². The van der Waals surface area contributed by atoms with E-state index in [9.17, 15) is 0 Å². The summed E-state index contributed by atoms with van der Waals surface area (Å²) < 4.78 is 0. The first-order valence-corrected chi connectivity index (χ1v) is 2.94. The van der Waals surface area contributed by atoms with Crippen molar-refractivity contribution in [1.29, 1.82) is 0 Å². The largest absolute Gasteiger partial charge is 0.405 e. The molecular weight excluding hydrogens is 112 g/mol. The lowest BCUT2D eigenvalue weighted by atomic mass is 10.4. The summed E-state index contributed by atoms with van der Waals surface area (Å²) in [5.41, 5.74) is 6.32. The zero-order chi connectivity index (χ0) is 7.28. The van der Waals surface area contributed by atoms with Gasteiger partial charge in [-0.2, -0.15) is 0 Å². The lowest BCUT2D eigenvalue weighted by molar-refractivity contribution is 0.528. The molecule has 9 heavy (non-hydrogen) atoms. The first kappa shape index (κ1) is 8.08. The summed E-state index contributed by atoms with van der Waals surface area (Å²) in [7, 11) is 3.96. The normalized spacial score (nSPS) is 12.6. The Morgan fingerprint density at radius 3 is 2.11 bits per heavy atom. The van der Waals surface area contributed by atoms with E-state index in [-0.39, 0.29) is 0 Å². The summed E-state index contributed by atoms with van der Waals surface area (Å²) in [5, 5.41) is 0. The minimum atomic E-state index is 1.12. The fourth-order valence-electron chi connectivity index (χ4n) is 0.602. The molecule has 0 radical (unpaired) electrons. The predicted molar refractivity (Wildman–Crippen MR) is 40.8 cm³/mol. The van der Waals surface area contributed by atoms with Crippen LogP contribution in [0.4, 0.5) is 0 Å². The van der Waals surface area contributed by atoms with Crippen molar-refractivity contribution in [2.24, 2.45) is 5.73 Å². The van der Waals surface area contributed by atoms with Crippen molar-refractivity contribution in [3.8, 4) is 0 Å². The molecule has 0 saturated heterocycles. The average molecular weight is 126 g/mol. The van der Waals surface area contributed by atoms with Crippen LogP contribution in [0, 0.1) is 0 Å². The van der Waals surface area contributed by atoms with E-state index in [1.807, 2.05) is 38.1 Å². The third-order valence-electron chi connectivity index (χ3n) is 1.08. The van der Waals surface area contributed by atoms with Crippen LogP contribution in [0.3, 0.4) is 0 Å². The van der Waals surface area contributed by atoms with Gasteiger partial charge in [0.1, 0.15) is 0 Å². The summed E-state index contributed by atoms with van der Waals surface area (Å²) in [6.45, 7) is 1.98. The van der Waals surface area contributed by atoms with E-state index < -0.39 is 0 Å². The number of hydrogen-bond donors (Lipinski definition) is 1. The summed E-state index contributed by atoms with van der Waals surface area (Å²) >= 11 is 0. The number of nitrogens with zero attached hydrogens (tertiary/aromatic N) is 1. The molecule has 2 heteroatoms. The molecule has 0 aliphatic carbocycles. The Hall–Kier alpha value is -0.920. The smallest absolute Gasteiger partial charge is 0.0332 e. The van der Waals surface area contributed by atoms with Crippen LogP contribution in [0.2, 0.25) is 0 Å². The molecule has 52 valence electrons. The second-order valence-electron chi connectivity index (χ2n) is 1.97. The number of rotatable bonds is 2. The van der Waals surface area contributed by atoms with Crippen LogP contribution in [-0.4, -0.2) is 19.0 Å². The first-order chi connectivity index (χ1) is 4.22. The summed E-state index contributed by atoms with van der Waals surface area (Å²) in [5.74, 6) is 0. The van der Waals surface area contributed by atoms with Crippen LogP contribution in [0.5, 0.6) is 0 Å². The Bertz CT molecular complexity index is 123. The maximum absolute atomic E-state index is 5.19. The number of likely N-dealkylation sites (N-methyl/N-ethyl adjacent to an activating group) is 1. The Morgan fingerprint density at radius 1 is 1.44 bits per heavy atom. The molecule has 0 unspecified atom stereocenters. The number of nitrogens with two attached hydrogens (primary N) is 1. The maximum atomic E-state index is 5.19. The minimum absolute atomic E-state index is 1.12. The van der Waals surface area contributed by atoms with Gasteiger partial charge >= 0.3 is 0 Å². The van der Waals surface area contributed by atoms with Gasteiger partial charge in [0.2, 0.25) is 0 Å². The summed E-state index contributed by atoms with van der Waals surface area (Å²) in [4.78, 5) is 2.00. The molecule has 0 heterocycles. The highest BCUT2D eigenvalue weighted by atomic mass is 15.1. The molecule has 0 aromatic carbocycles. The van der Waals surface area contributed by atoms with Crippen molar-refractivity contribution in [3.63, 3.8) is 0 Å². The van der Waals surface area contributed by atoms with E-state index in [1.165, 1.54) is 6.20 Å². The van der Waals surface area contributed by atoms with Crippen LogP contribution in [0.25, 0.3) is 0 Å². The number of allylic oxidation sites excluding steroid dienone is 2. The van der Waals surface area contributed by atoms with E-state index in [0.29, 0.717) is 0 Å². The minimum Gasteiger partial charge on any atom is -0.405 e. The highest BCUT2D eigenvalue weighted by Crippen LogP contribution is 1.97. The van der Waals surface area contributed by atoms with Crippen molar-refractivity contribution in [2.45, 2.75) is 6.92 Å². The third-order valence-corrected chi connectivity index (χ3v) is 1.08. The molecule has 0 fully saturated rings.